The van der Waals surface area contributed by atoms with E-state index in [1.165, 1.54) is 16.9 Å². The topological polar surface area (TPSA) is 119 Å². The van der Waals surface area contributed by atoms with Crippen LogP contribution < -0.4 is 5.32 Å². The third kappa shape index (κ3) is 2.76. The van der Waals surface area contributed by atoms with Crippen LogP contribution in [0, 0.1) is 24.0 Å². The van der Waals surface area contributed by atoms with Gasteiger partial charge in [0.05, 0.1) is 34.4 Å². The second kappa shape index (κ2) is 4.88. The zero-order valence-electron chi connectivity index (χ0n) is 10.4. The van der Waals surface area contributed by atoms with E-state index in [4.69, 9.17) is 0 Å². The number of nitro groups is 1. The van der Waals surface area contributed by atoms with E-state index >= 15 is 0 Å². The molecule has 0 unspecified atom stereocenters. The van der Waals surface area contributed by atoms with Crippen LogP contribution in [0.25, 0.3) is 0 Å². The summed E-state index contributed by atoms with van der Waals surface area (Å²) in [5.41, 5.74) is 2.04. The normalized spacial score (nSPS) is 10.4. The van der Waals surface area contributed by atoms with Crippen LogP contribution in [0.1, 0.15) is 11.4 Å². The fourth-order valence-corrected chi connectivity index (χ4v) is 1.60. The van der Waals surface area contributed by atoms with E-state index in [9.17, 15) is 14.9 Å². The molecule has 0 radical (unpaired) electrons. The second-order valence-electron chi connectivity index (χ2n) is 3.99. The zero-order valence-corrected chi connectivity index (χ0v) is 10.4. The molecule has 0 saturated carbocycles. The summed E-state index contributed by atoms with van der Waals surface area (Å²) in [7, 11) is 0. The van der Waals surface area contributed by atoms with Crippen molar-refractivity contribution < 1.29 is 9.72 Å². The molecule has 1 amide bonds. The minimum atomic E-state index is -0.612. The van der Waals surface area contributed by atoms with Crippen molar-refractivity contribution in [1.82, 2.24) is 20.0 Å². The molecule has 19 heavy (non-hydrogen) atoms. The molecule has 100 valence electrons. The van der Waals surface area contributed by atoms with Gasteiger partial charge in [-0.05, 0) is 18.8 Å². The number of aromatic amines is 1. The maximum Gasteiger partial charge on any atom is 0.389 e. The zero-order chi connectivity index (χ0) is 14.0. The number of carbonyl (C=O) groups excluding carboxylic acids is 1. The van der Waals surface area contributed by atoms with E-state index in [1.807, 2.05) is 0 Å². The number of aromatic nitrogens is 4. The maximum atomic E-state index is 11.8. The van der Waals surface area contributed by atoms with Crippen molar-refractivity contribution in [1.29, 1.82) is 0 Å². The van der Waals surface area contributed by atoms with Crippen LogP contribution in [0.15, 0.2) is 12.3 Å². The number of amides is 1. The maximum absolute atomic E-state index is 11.8. The monoisotopic (exact) mass is 264 g/mol. The van der Waals surface area contributed by atoms with Crippen molar-refractivity contribution in [2.45, 2.75) is 20.4 Å². The Kier molecular flexibility index (Phi) is 3.27. The number of aryl methyl sites for hydroxylation is 2. The van der Waals surface area contributed by atoms with Crippen LogP contribution >= 0.6 is 0 Å². The Bertz CT molecular complexity index is 609. The van der Waals surface area contributed by atoms with Gasteiger partial charge in [-0.25, -0.2) is 0 Å². The van der Waals surface area contributed by atoms with Gasteiger partial charge in [-0.1, -0.05) is 0 Å². The molecule has 0 aromatic carbocycles. The molecule has 2 N–H and O–H groups in total. The molecule has 0 aliphatic carbocycles. The van der Waals surface area contributed by atoms with Gasteiger partial charge in [0.2, 0.25) is 5.91 Å². The smallest absolute Gasteiger partial charge is 0.358 e. The van der Waals surface area contributed by atoms with Crippen molar-refractivity contribution >= 4 is 17.4 Å². The molecule has 0 saturated heterocycles. The summed E-state index contributed by atoms with van der Waals surface area (Å²) < 4.78 is 1.21. The van der Waals surface area contributed by atoms with Gasteiger partial charge in [-0.3, -0.25) is 9.89 Å². The summed E-state index contributed by atoms with van der Waals surface area (Å²) in [6.07, 6.45) is 1.38. The van der Waals surface area contributed by atoms with Crippen LogP contribution in [0.2, 0.25) is 0 Å². The first-order valence-electron chi connectivity index (χ1n) is 5.46. The molecule has 9 nitrogen and oxygen atoms in total. The molecule has 2 aromatic rings. The highest BCUT2D eigenvalue weighted by Gasteiger charge is 2.15. The third-order valence-electron chi connectivity index (χ3n) is 2.51. The number of H-pyrrole nitrogens is 1. The highest BCUT2D eigenvalue weighted by atomic mass is 16.6. The Labute approximate surface area is 107 Å². The first kappa shape index (κ1) is 12.7. The number of nitrogens with zero attached hydrogens (tertiary/aromatic N) is 4. The highest BCUT2D eigenvalue weighted by Crippen LogP contribution is 2.15. The van der Waals surface area contributed by atoms with E-state index in [0.717, 1.165) is 5.69 Å². The van der Waals surface area contributed by atoms with Crippen molar-refractivity contribution in [3.05, 3.63) is 33.8 Å². The lowest BCUT2D eigenvalue weighted by Gasteiger charge is -2.03. The second-order valence-corrected chi connectivity index (χ2v) is 3.99. The van der Waals surface area contributed by atoms with Crippen LogP contribution in [0.4, 0.5) is 11.5 Å². The molecule has 2 heterocycles. The van der Waals surface area contributed by atoms with E-state index in [-0.39, 0.29) is 18.3 Å². The largest absolute Gasteiger partial charge is 0.389 e. The number of hydrogen-bond acceptors (Lipinski definition) is 5. The SMILES string of the molecule is Cc1n[nH]c(C)c1NC(=O)Cn1ccc([N+](=O)[O-])n1. The summed E-state index contributed by atoms with van der Waals surface area (Å²) >= 11 is 0. The van der Waals surface area contributed by atoms with Gasteiger partial charge in [-0.2, -0.15) is 9.78 Å². The van der Waals surface area contributed by atoms with Gasteiger partial charge >= 0.3 is 5.82 Å². The average molecular weight is 264 g/mol. The summed E-state index contributed by atoms with van der Waals surface area (Å²) in [6, 6.07) is 1.24. The number of carbonyl (C=O) groups is 1. The Balaban J connectivity index is 2.03. The lowest BCUT2D eigenvalue weighted by atomic mass is 10.3. The molecule has 0 fully saturated rings. The molecular formula is C10H12N6O3. The minimum Gasteiger partial charge on any atom is -0.358 e. The number of hydrogen-bond donors (Lipinski definition) is 2. The standard InChI is InChI=1S/C10H12N6O3/c1-6-10(7(2)13-12-6)11-9(17)5-15-4-3-8(14-15)16(18)19/h3-4H,5H2,1-2H3,(H,11,17)(H,12,13). The van der Waals surface area contributed by atoms with Crippen molar-refractivity contribution in [2.75, 3.05) is 5.32 Å². The molecule has 2 rings (SSSR count). The summed E-state index contributed by atoms with van der Waals surface area (Å²) in [6.45, 7) is 3.45. The van der Waals surface area contributed by atoms with Crippen molar-refractivity contribution in [2.24, 2.45) is 0 Å². The minimum absolute atomic E-state index is 0.0993. The number of rotatable bonds is 4. The Morgan fingerprint density at radius 2 is 2.32 bits per heavy atom. The Hall–Kier alpha value is -2.71. The lowest BCUT2D eigenvalue weighted by molar-refractivity contribution is -0.389. The number of nitrogens with one attached hydrogen (secondary N) is 2. The lowest BCUT2D eigenvalue weighted by Crippen LogP contribution is -2.19. The van der Waals surface area contributed by atoms with Crippen LogP contribution in [-0.2, 0) is 11.3 Å². The fourth-order valence-electron chi connectivity index (χ4n) is 1.60. The molecule has 2 aromatic heterocycles. The number of anilines is 1. The van der Waals surface area contributed by atoms with Gasteiger partial charge in [0.15, 0.2) is 0 Å². The van der Waals surface area contributed by atoms with Crippen molar-refractivity contribution in [3.8, 4) is 0 Å². The van der Waals surface area contributed by atoms with Gasteiger partial charge in [-0.15, -0.1) is 0 Å². The molecule has 0 aliphatic heterocycles. The van der Waals surface area contributed by atoms with E-state index in [0.29, 0.717) is 11.4 Å². The Morgan fingerprint density at radius 1 is 1.58 bits per heavy atom. The first-order valence-corrected chi connectivity index (χ1v) is 5.46. The predicted molar refractivity (Wildman–Crippen MR) is 65.6 cm³/mol. The van der Waals surface area contributed by atoms with Crippen LogP contribution in [0.5, 0.6) is 0 Å². The summed E-state index contributed by atoms with van der Waals surface area (Å²) in [4.78, 5) is 21.6. The van der Waals surface area contributed by atoms with Crippen molar-refractivity contribution in [3.63, 3.8) is 0 Å². The molecule has 0 aliphatic rings. The van der Waals surface area contributed by atoms with Crippen LogP contribution in [0.3, 0.4) is 0 Å². The fraction of sp³-hybridized carbons (Fsp3) is 0.300. The molecule has 0 atom stereocenters. The van der Waals surface area contributed by atoms with Gasteiger partial charge < -0.3 is 15.4 Å². The predicted octanol–water partition coefficient (Wildman–Crippen LogP) is 0.770. The summed E-state index contributed by atoms with van der Waals surface area (Å²) in [5, 5.41) is 23.5. The third-order valence-corrected chi connectivity index (χ3v) is 2.51. The quantitative estimate of drug-likeness (QED) is 0.624. The van der Waals surface area contributed by atoms with Gasteiger partial charge in [0.25, 0.3) is 0 Å². The van der Waals surface area contributed by atoms with Gasteiger partial charge in [0, 0.05) is 0 Å². The molecule has 0 bridgehead atoms. The molecular weight excluding hydrogens is 252 g/mol. The average Bonchev–Trinajstić information content (AvgIpc) is 2.91. The van der Waals surface area contributed by atoms with E-state index in [1.54, 1.807) is 13.8 Å². The Morgan fingerprint density at radius 3 is 2.84 bits per heavy atom. The van der Waals surface area contributed by atoms with Gasteiger partial charge in [0.1, 0.15) is 6.54 Å². The highest BCUT2D eigenvalue weighted by molar-refractivity contribution is 5.91. The summed E-state index contributed by atoms with van der Waals surface area (Å²) in [5.74, 6) is -0.617. The van der Waals surface area contributed by atoms with Crippen LogP contribution in [-0.4, -0.2) is 30.8 Å². The van der Waals surface area contributed by atoms with E-state index < -0.39 is 4.92 Å². The first-order chi connectivity index (χ1) is 8.97. The van der Waals surface area contributed by atoms with E-state index in [2.05, 4.69) is 20.6 Å². The molecule has 0 spiro atoms. The molecule has 9 heteroatoms.